The molecule has 0 spiro atoms. The average Bonchev–Trinajstić information content (AvgIpc) is 2.53. The van der Waals surface area contributed by atoms with E-state index in [4.69, 9.17) is 9.47 Å². The van der Waals surface area contributed by atoms with Crippen molar-refractivity contribution in [2.24, 2.45) is 0 Å². The summed E-state index contributed by atoms with van der Waals surface area (Å²) >= 11 is 0. The van der Waals surface area contributed by atoms with E-state index in [1.165, 1.54) is 7.11 Å². The van der Waals surface area contributed by atoms with E-state index in [0.717, 1.165) is 0 Å². The van der Waals surface area contributed by atoms with Crippen LogP contribution in [0.2, 0.25) is 0 Å². The molecule has 0 fully saturated rings. The van der Waals surface area contributed by atoms with Crippen molar-refractivity contribution in [3.63, 3.8) is 0 Å². The molecule has 0 heterocycles. The molecule has 0 radical (unpaired) electrons. The quantitative estimate of drug-likeness (QED) is 0.501. The molecular formula is C16H15NO5. The van der Waals surface area contributed by atoms with Crippen LogP contribution >= 0.6 is 0 Å². The van der Waals surface area contributed by atoms with Crippen LogP contribution in [0.25, 0.3) is 0 Å². The van der Waals surface area contributed by atoms with Gasteiger partial charge in [0.25, 0.3) is 6.20 Å². The number of aliphatic hydroxyl groups excluding tert-OH is 1. The summed E-state index contributed by atoms with van der Waals surface area (Å²) in [4.78, 5) is 9.88. The third kappa shape index (κ3) is 3.76. The number of para-hydroxylation sites is 2. The average molecular weight is 301 g/mol. The van der Waals surface area contributed by atoms with Crippen LogP contribution in [0.3, 0.4) is 0 Å². The molecule has 0 aliphatic rings. The van der Waals surface area contributed by atoms with Crippen molar-refractivity contribution in [3.05, 3.63) is 82.2 Å². The number of aliphatic hydroxyl groups is 1. The second-order valence-corrected chi connectivity index (χ2v) is 4.40. The molecule has 2 rings (SSSR count). The minimum absolute atomic E-state index is 0.377. The molecule has 6 heteroatoms. The Morgan fingerprint density at radius 3 is 2.32 bits per heavy atom. The summed E-state index contributed by atoms with van der Waals surface area (Å²) in [5.74, 6) is 0.349. The second-order valence-electron chi connectivity index (χ2n) is 4.40. The first kappa shape index (κ1) is 15.4. The molecule has 114 valence electrons. The Balaban J connectivity index is 2.39. The molecule has 1 atom stereocenters. The topological polar surface area (TPSA) is 81.8 Å². The first-order valence-corrected chi connectivity index (χ1v) is 6.50. The molecule has 0 bridgehead atoms. The summed E-state index contributed by atoms with van der Waals surface area (Å²) in [6, 6.07) is 15.6. The van der Waals surface area contributed by atoms with E-state index in [0.29, 0.717) is 23.3 Å². The Kier molecular flexibility index (Phi) is 4.98. The summed E-state index contributed by atoms with van der Waals surface area (Å²) in [5, 5.41) is 20.6. The smallest absolute Gasteiger partial charge is 0.275 e. The van der Waals surface area contributed by atoms with E-state index in [2.05, 4.69) is 0 Å². The first-order valence-electron chi connectivity index (χ1n) is 6.50. The predicted molar refractivity (Wildman–Crippen MR) is 80.5 cm³/mol. The molecule has 0 saturated carbocycles. The third-order valence-corrected chi connectivity index (χ3v) is 2.92. The number of hydrogen-bond acceptors (Lipinski definition) is 5. The molecule has 2 aromatic carbocycles. The number of hydrogen-bond donors (Lipinski definition) is 1. The molecule has 1 unspecified atom stereocenters. The maximum absolute atomic E-state index is 10.6. The second kappa shape index (κ2) is 7.12. The van der Waals surface area contributed by atoms with E-state index in [-0.39, 0.29) is 0 Å². The van der Waals surface area contributed by atoms with Crippen molar-refractivity contribution in [1.29, 1.82) is 0 Å². The summed E-state index contributed by atoms with van der Waals surface area (Å²) in [6.45, 7) is 0. The van der Waals surface area contributed by atoms with Gasteiger partial charge in [-0.1, -0.05) is 42.5 Å². The van der Waals surface area contributed by atoms with E-state index in [1.54, 1.807) is 54.6 Å². The van der Waals surface area contributed by atoms with Gasteiger partial charge in [-0.3, -0.25) is 10.1 Å². The van der Waals surface area contributed by atoms with Gasteiger partial charge < -0.3 is 14.6 Å². The monoisotopic (exact) mass is 301 g/mol. The van der Waals surface area contributed by atoms with Gasteiger partial charge in [0, 0.05) is 5.56 Å². The lowest BCUT2D eigenvalue weighted by Crippen LogP contribution is -2.12. The lowest BCUT2D eigenvalue weighted by atomic mass is 10.1. The van der Waals surface area contributed by atoms with Crippen LogP contribution in [-0.2, 0) is 0 Å². The summed E-state index contributed by atoms with van der Waals surface area (Å²) in [7, 11) is 1.49. The van der Waals surface area contributed by atoms with Crippen LogP contribution in [0.5, 0.6) is 11.5 Å². The highest BCUT2D eigenvalue weighted by molar-refractivity contribution is 5.40. The lowest BCUT2D eigenvalue weighted by molar-refractivity contribution is -0.405. The van der Waals surface area contributed by atoms with Crippen LogP contribution in [0, 0.1) is 10.1 Å². The number of methoxy groups -OCH3 is 1. The van der Waals surface area contributed by atoms with Gasteiger partial charge in [0.1, 0.15) is 0 Å². The molecule has 0 aromatic heterocycles. The SMILES string of the molecule is COc1ccccc1OC(/C(O)=C\[N+](=O)[O-])c1ccccc1. The fourth-order valence-corrected chi connectivity index (χ4v) is 1.95. The van der Waals surface area contributed by atoms with Gasteiger partial charge in [-0.2, -0.15) is 0 Å². The maximum atomic E-state index is 10.6. The zero-order valence-electron chi connectivity index (χ0n) is 11.9. The van der Waals surface area contributed by atoms with Crippen LogP contribution in [0.15, 0.2) is 66.6 Å². The summed E-state index contributed by atoms with van der Waals surface area (Å²) in [6.07, 6.45) is -0.476. The number of nitrogens with zero attached hydrogens (tertiary/aromatic N) is 1. The lowest BCUT2D eigenvalue weighted by Gasteiger charge is -2.19. The molecule has 22 heavy (non-hydrogen) atoms. The highest BCUT2D eigenvalue weighted by atomic mass is 16.6. The number of rotatable bonds is 6. The molecule has 0 aliphatic heterocycles. The molecule has 2 aromatic rings. The fraction of sp³-hybridized carbons (Fsp3) is 0.125. The summed E-state index contributed by atoms with van der Waals surface area (Å²) in [5.41, 5.74) is 0.587. The zero-order chi connectivity index (χ0) is 15.9. The normalized spacial score (nSPS) is 12.5. The van der Waals surface area contributed by atoms with Gasteiger partial charge in [0.2, 0.25) is 5.76 Å². The Bertz CT molecular complexity index is 669. The highest BCUT2D eigenvalue weighted by Crippen LogP contribution is 2.33. The first-order chi connectivity index (χ1) is 10.6. The van der Waals surface area contributed by atoms with Crippen molar-refractivity contribution >= 4 is 0 Å². The van der Waals surface area contributed by atoms with Crippen LogP contribution in [0.1, 0.15) is 11.7 Å². The van der Waals surface area contributed by atoms with Crippen molar-refractivity contribution in [2.45, 2.75) is 6.10 Å². The van der Waals surface area contributed by atoms with Crippen LogP contribution in [-0.4, -0.2) is 17.1 Å². The largest absolute Gasteiger partial charge is 0.503 e. The van der Waals surface area contributed by atoms with Crippen LogP contribution < -0.4 is 9.47 Å². The predicted octanol–water partition coefficient (Wildman–Crippen LogP) is 3.49. The van der Waals surface area contributed by atoms with Gasteiger partial charge in [-0.15, -0.1) is 0 Å². The van der Waals surface area contributed by atoms with Crippen molar-refractivity contribution < 1.29 is 19.5 Å². The van der Waals surface area contributed by atoms with Crippen molar-refractivity contribution in [2.75, 3.05) is 7.11 Å². The minimum atomic E-state index is -0.997. The molecule has 0 aliphatic carbocycles. The Morgan fingerprint density at radius 2 is 1.73 bits per heavy atom. The standard InChI is InChI=1S/C16H15NO5/c1-21-14-9-5-6-10-15(14)22-16(13(18)11-17(19)20)12-7-3-2-4-8-12/h2-11,16,18H,1H3/b13-11+. The molecule has 0 amide bonds. The third-order valence-electron chi connectivity index (χ3n) is 2.92. The fourth-order valence-electron chi connectivity index (χ4n) is 1.95. The minimum Gasteiger partial charge on any atom is -0.503 e. The maximum Gasteiger partial charge on any atom is 0.275 e. The van der Waals surface area contributed by atoms with Gasteiger partial charge in [-0.25, -0.2) is 0 Å². The van der Waals surface area contributed by atoms with E-state index < -0.39 is 16.8 Å². The number of nitro groups is 1. The molecule has 0 saturated heterocycles. The highest BCUT2D eigenvalue weighted by Gasteiger charge is 2.22. The van der Waals surface area contributed by atoms with Gasteiger partial charge in [0.05, 0.1) is 12.0 Å². The van der Waals surface area contributed by atoms with E-state index in [1.807, 2.05) is 0 Å². The van der Waals surface area contributed by atoms with E-state index >= 15 is 0 Å². The van der Waals surface area contributed by atoms with Gasteiger partial charge in [0.15, 0.2) is 17.6 Å². The summed E-state index contributed by atoms with van der Waals surface area (Å²) < 4.78 is 10.9. The molecular weight excluding hydrogens is 286 g/mol. The molecule has 1 N–H and O–H groups in total. The Hall–Kier alpha value is -3.02. The van der Waals surface area contributed by atoms with Gasteiger partial charge in [-0.05, 0) is 12.1 Å². The molecule has 6 nitrogen and oxygen atoms in total. The number of ether oxygens (including phenoxy) is 2. The Morgan fingerprint density at radius 1 is 1.14 bits per heavy atom. The number of benzene rings is 2. The van der Waals surface area contributed by atoms with Gasteiger partial charge >= 0.3 is 0 Å². The van der Waals surface area contributed by atoms with Crippen molar-refractivity contribution in [3.8, 4) is 11.5 Å². The zero-order valence-corrected chi connectivity index (χ0v) is 11.9. The van der Waals surface area contributed by atoms with Crippen LogP contribution in [0.4, 0.5) is 0 Å². The van der Waals surface area contributed by atoms with Crippen molar-refractivity contribution in [1.82, 2.24) is 0 Å². The van der Waals surface area contributed by atoms with E-state index in [9.17, 15) is 15.2 Å². The Labute approximate surface area is 127 Å².